The third-order valence-corrected chi connectivity index (χ3v) is 2.67. The lowest BCUT2D eigenvalue weighted by molar-refractivity contribution is -0.145. The van der Waals surface area contributed by atoms with Gasteiger partial charge in [-0.1, -0.05) is 0 Å². The van der Waals surface area contributed by atoms with E-state index in [2.05, 4.69) is 0 Å². The molecule has 4 heteroatoms. The molecular formula is C9H16O4. The van der Waals surface area contributed by atoms with Crippen molar-refractivity contribution in [1.82, 2.24) is 0 Å². The van der Waals surface area contributed by atoms with Crippen LogP contribution >= 0.6 is 0 Å². The number of hydrogen-bond donors (Lipinski definition) is 1. The van der Waals surface area contributed by atoms with Crippen LogP contribution in [0.25, 0.3) is 0 Å². The largest absolute Gasteiger partial charge is 0.481 e. The molecule has 2 atom stereocenters. The van der Waals surface area contributed by atoms with E-state index >= 15 is 0 Å². The van der Waals surface area contributed by atoms with Crippen molar-refractivity contribution in [2.45, 2.75) is 25.6 Å². The first kappa shape index (κ1) is 10.5. The van der Waals surface area contributed by atoms with Crippen LogP contribution in [0.2, 0.25) is 0 Å². The van der Waals surface area contributed by atoms with Crippen molar-refractivity contribution in [3.8, 4) is 0 Å². The van der Waals surface area contributed by atoms with Crippen molar-refractivity contribution < 1.29 is 19.4 Å². The maximum Gasteiger partial charge on any atom is 0.306 e. The van der Waals surface area contributed by atoms with Crippen LogP contribution in [-0.4, -0.2) is 31.6 Å². The van der Waals surface area contributed by atoms with E-state index in [1.165, 1.54) is 0 Å². The number of carboxylic acid groups (broad SMARTS) is 1. The molecule has 1 aliphatic carbocycles. The van der Waals surface area contributed by atoms with Gasteiger partial charge >= 0.3 is 5.97 Å². The van der Waals surface area contributed by atoms with E-state index in [0.29, 0.717) is 6.42 Å². The third-order valence-electron chi connectivity index (χ3n) is 2.67. The van der Waals surface area contributed by atoms with Gasteiger partial charge in [0.15, 0.2) is 6.29 Å². The molecule has 0 unspecified atom stereocenters. The van der Waals surface area contributed by atoms with Crippen LogP contribution in [0.15, 0.2) is 0 Å². The van der Waals surface area contributed by atoms with Gasteiger partial charge in [0.05, 0.1) is 5.92 Å². The number of methoxy groups -OCH3 is 2. The SMILES string of the molecule is COC(OC)[C@H]1CC[C@@H](C(=O)O)C1. The fourth-order valence-corrected chi connectivity index (χ4v) is 1.97. The Morgan fingerprint density at radius 3 is 2.38 bits per heavy atom. The van der Waals surface area contributed by atoms with Gasteiger partial charge in [0.1, 0.15) is 0 Å². The summed E-state index contributed by atoms with van der Waals surface area (Å²) >= 11 is 0. The standard InChI is InChI=1S/C9H16O4/c1-12-9(13-2)7-4-3-6(5-7)8(10)11/h6-7,9H,3-5H2,1-2H3,(H,10,11)/t6-,7+/m1/s1. The van der Waals surface area contributed by atoms with Gasteiger partial charge in [0.25, 0.3) is 0 Å². The third kappa shape index (κ3) is 2.42. The molecule has 0 spiro atoms. The predicted molar refractivity (Wildman–Crippen MR) is 46.3 cm³/mol. The van der Waals surface area contributed by atoms with Crippen LogP contribution in [0.5, 0.6) is 0 Å². The summed E-state index contributed by atoms with van der Waals surface area (Å²) in [6, 6.07) is 0. The topological polar surface area (TPSA) is 55.8 Å². The molecule has 1 saturated carbocycles. The van der Waals surface area contributed by atoms with Gasteiger partial charge in [-0.05, 0) is 19.3 Å². The minimum absolute atomic E-state index is 0.210. The lowest BCUT2D eigenvalue weighted by atomic mass is 10.0. The zero-order chi connectivity index (χ0) is 9.84. The fraction of sp³-hybridized carbons (Fsp3) is 0.889. The van der Waals surface area contributed by atoms with E-state index < -0.39 is 5.97 Å². The fourth-order valence-electron chi connectivity index (χ4n) is 1.97. The summed E-state index contributed by atoms with van der Waals surface area (Å²) in [6.07, 6.45) is 2.04. The molecule has 0 aromatic carbocycles. The number of rotatable bonds is 4. The Hall–Kier alpha value is -0.610. The first-order chi connectivity index (χ1) is 6.19. The first-order valence-corrected chi connectivity index (χ1v) is 4.47. The Labute approximate surface area is 77.8 Å². The highest BCUT2D eigenvalue weighted by Crippen LogP contribution is 2.34. The minimum atomic E-state index is -0.701. The molecule has 1 N–H and O–H groups in total. The molecule has 0 aliphatic heterocycles. The second-order valence-corrected chi connectivity index (χ2v) is 3.45. The van der Waals surface area contributed by atoms with E-state index in [9.17, 15) is 4.79 Å². The van der Waals surface area contributed by atoms with E-state index in [1.54, 1.807) is 14.2 Å². The van der Waals surface area contributed by atoms with Gasteiger partial charge in [-0.2, -0.15) is 0 Å². The van der Waals surface area contributed by atoms with Crippen LogP contribution in [0.1, 0.15) is 19.3 Å². The average Bonchev–Trinajstić information content (AvgIpc) is 2.56. The highest BCUT2D eigenvalue weighted by Gasteiger charge is 2.34. The summed E-state index contributed by atoms with van der Waals surface area (Å²) in [5, 5.41) is 8.78. The second kappa shape index (κ2) is 4.58. The van der Waals surface area contributed by atoms with Crippen molar-refractivity contribution >= 4 is 5.97 Å². The van der Waals surface area contributed by atoms with Gasteiger partial charge in [0.2, 0.25) is 0 Å². The van der Waals surface area contributed by atoms with E-state index in [1.807, 2.05) is 0 Å². The van der Waals surface area contributed by atoms with E-state index in [4.69, 9.17) is 14.6 Å². The highest BCUT2D eigenvalue weighted by atomic mass is 16.7. The molecule has 76 valence electrons. The summed E-state index contributed by atoms with van der Waals surface area (Å²) < 4.78 is 10.2. The maximum atomic E-state index is 10.7. The molecule has 0 saturated heterocycles. The summed E-state index contributed by atoms with van der Waals surface area (Å²) in [7, 11) is 3.17. The highest BCUT2D eigenvalue weighted by molar-refractivity contribution is 5.70. The number of aliphatic carboxylic acids is 1. The van der Waals surface area contributed by atoms with Gasteiger partial charge in [-0.25, -0.2) is 0 Å². The van der Waals surface area contributed by atoms with E-state index in [-0.39, 0.29) is 18.1 Å². The molecule has 0 aromatic rings. The number of carbonyl (C=O) groups is 1. The monoisotopic (exact) mass is 188 g/mol. The van der Waals surface area contributed by atoms with Crippen LogP contribution < -0.4 is 0 Å². The van der Waals surface area contributed by atoms with E-state index in [0.717, 1.165) is 12.8 Å². The van der Waals surface area contributed by atoms with Gasteiger partial charge in [-0.3, -0.25) is 4.79 Å². The average molecular weight is 188 g/mol. The molecule has 1 aliphatic rings. The van der Waals surface area contributed by atoms with Gasteiger partial charge in [0, 0.05) is 20.1 Å². The smallest absolute Gasteiger partial charge is 0.306 e. The summed E-state index contributed by atoms with van der Waals surface area (Å²) in [6.45, 7) is 0. The molecule has 1 rings (SSSR count). The van der Waals surface area contributed by atoms with Gasteiger partial charge in [-0.15, -0.1) is 0 Å². The van der Waals surface area contributed by atoms with Gasteiger partial charge < -0.3 is 14.6 Å². The summed E-state index contributed by atoms with van der Waals surface area (Å²) in [5.41, 5.74) is 0. The summed E-state index contributed by atoms with van der Waals surface area (Å²) in [4.78, 5) is 10.7. The van der Waals surface area contributed by atoms with Crippen molar-refractivity contribution in [3.63, 3.8) is 0 Å². The Morgan fingerprint density at radius 1 is 1.38 bits per heavy atom. The lowest BCUT2D eigenvalue weighted by Gasteiger charge is -2.19. The second-order valence-electron chi connectivity index (χ2n) is 3.45. The van der Waals surface area contributed by atoms with Crippen molar-refractivity contribution in [2.75, 3.05) is 14.2 Å². The maximum absolute atomic E-state index is 10.7. The van der Waals surface area contributed by atoms with Crippen LogP contribution in [0, 0.1) is 11.8 Å². The molecule has 0 bridgehead atoms. The molecular weight excluding hydrogens is 172 g/mol. The number of hydrogen-bond acceptors (Lipinski definition) is 3. The Bertz CT molecular complexity index is 176. The number of carboxylic acids is 1. The van der Waals surface area contributed by atoms with Crippen LogP contribution in [0.3, 0.4) is 0 Å². The summed E-state index contributed by atoms with van der Waals surface area (Å²) in [5.74, 6) is -0.678. The Balaban J connectivity index is 2.43. The van der Waals surface area contributed by atoms with Crippen LogP contribution in [-0.2, 0) is 14.3 Å². The number of ether oxygens (including phenoxy) is 2. The molecule has 0 heterocycles. The molecule has 0 amide bonds. The molecule has 4 nitrogen and oxygen atoms in total. The zero-order valence-corrected chi connectivity index (χ0v) is 8.03. The Kier molecular flexibility index (Phi) is 3.69. The molecule has 13 heavy (non-hydrogen) atoms. The quantitative estimate of drug-likeness (QED) is 0.671. The lowest BCUT2D eigenvalue weighted by Crippen LogP contribution is -2.23. The van der Waals surface area contributed by atoms with Crippen molar-refractivity contribution in [1.29, 1.82) is 0 Å². The Morgan fingerprint density at radius 2 is 2.00 bits per heavy atom. The van der Waals surface area contributed by atoms with Crippen molar-refractivity contribution in [2.24, 2.45) is 11.8 Å². The molecule has 0 radical (unpaired) electrons. The van der Waals surface area contributed by atoms with Crippen LogP contribution in [0.4, 0.5) is 0 Å². The zero-order valence-electron chi connectivity index (χ0n) is 8.03. The minimum Gasteiger partial charge on any atom is -0.481 e. The van der Waals surface area contributed by atoms with Crippen molar-refractivity contribution in [3.05, 3.63) is 0 Å². The molecule has 0 aromatic heterocycles. The molecule has 1 fully saturated rings. The predicted octanol–water partition coefficient (Wildman–Crippen LogP) is 1.11. The normalized spacial score (nSPS) is 28.2. The first-order valence-electron chi connectivity index (χ1n) is 4.47.